The predicted molar refractivity (Wildman–Crippen MR) is 118 cm³/mol. The highest BCUT2D eigenvalue weighted by Crippen LogP contribution is 2.45. The second-order valence-electron chi connectivity index (χ2n) is 7.82. The van der Waals surface area contributed by atoms with Gasteiger partial charge in [0.15, 0.2) is 0 Å². The van der Waals surface area contributed by atoms with Gasteiger partial charge in [-0.3, -0.25) is 0 Å². The van der Waals surface area contributed by atoms with Crippen molar-refractivity contribution >= 4 is 5.76 Å². The molecule has 0 unspecified atom stereocenters. The lowest BCUT2D eigenvalue weighted by atomic mass is 9.81. The van der Waals surface area contributed by atoms with Gasteiger partial charge in [-0.15, -0.1) is 0 Å². The van der Waals surface area contributed by atoms with Gasteiger partial charge in [-0.25, -0.2) is 4.39 Å². The van der Waals surface area contributed by atoms with Crippen molar-refractivity contribution in [1.29, 1.82) is 0 Å². The van der Waals surface area contributed by atoms with Crippen molar-refractivity contribution in [3.8, 4) is 11.5 Å². The van der Waals surface area contributed by atoms with Crippen molar-refractivity contribution in [3.05, 3.63) is 101 Å². The highest BCUT2D eigenvalue weighted by Gasteiger charge is 2.33. The summed E-state index contributed by atoms with van der Waals surface area (Å²) in [5.74, 6) is 2.33. The Hall–Kier alpha value is -3.11. The van der Waals surface area contributed by atoms with Gasteiger partial charge in [0.1, 0.15) is 29.6 Å². The van der Waals surface area contributed by atoms with Crippen LogP contribution in [-0.4, -0.2) is 27.2 Å². The van der Waals surface area contributed by atoms with Crippen LogP contribution in [0, 0.1) is 5.82 Å². The summed E-state index contributed by atoms with van der Waals surface area (Å²) in [5.41, 5.74) is 4.36. The van der Waals surface area contributed by atoms with E-state index in [-0.39, 0.29) is 11.7 Å². The van der Waals surface area contributed by atoms with E-state index in [1.54, 1.807) is 0 Å². The third kappa shape index (κ3) is 4.10. The Balaban J connectivity index is 1.88. The van der Waals surface area contributed by atoms with Gasteiger partial charge in [0, 0.05) is 22.6 Å². The topological polar surface area (TPSA) is 22.9 Å². The fraction of sp³-hybridized carbons (Fsp3) is 0.231. The molecule has 30 heavy (non-hydrogen) atoms. The molecule has 1 atom stereocenters. The molecule has 1 aliphatic heterocycles. The quantitative estimate of drug-likeness (QED) is 0.662. The molecule has 1 aliphatic rings. The van der Waals surface area contributed by atoms with Crippen LogP contribution >= 0.6 is 0 Å². The molecule has 0 bridgehead atoms. The molecule has 0 saturated heterocycles. The lowest BCUT2D eigenvalue weighted by molar-refractivity contribution is -0.853. The number of benzene rings is 3. The molecule has 4 rings (SSSR count). The Bertz CT molecular complexity index is 1040. The van der Waals surface area contributed by atoms with Crippen LogP contribution in [-0.2, 0) is 0 Å². The maximum atomic E-state index is 13.6. The summed E-state index contributed by atoms with van der Waals surface area (Å²) < 4.78 is 25.7. The highest BCUT2D eigenvalue weighted by molar-refractivity contribution is 5.72. The number of fused-ring (bicyclic) bond motifs is 1. The first-order valence-electron chi connectivity index (χ1n) is 10.3. The van der Waals surface area contributed by atoms with Crippen LogP contribution in [0.15, 0.2) is 78.4 Å². The molecule has 0 fully saturated rings. The SMILES string of the molecule is CCOc1ccc(C2=C(C[NH+](C)C)[C@H](c3ccc(F)cc3)c3ccccc3O2)cc1. The van der Waals surface area contributed by atoms with Gasteiger partial charge in [-0.1, -0.05) is 30.3 Å². The van der Waals surface area contributed by atoms with Crippen molar-refractivity contribution in [2.75, 3.05) is 27.2 Å². The largest absolute Gasteiger partial charge is 0.494 e. The Morgan fingerprint density at radius 1 is 0.933 bits per heavy atom. The fourth-order valence-corrected chi connectivity index (χ4v) is 4.02. The lowest BCUT2D eigenvalue weighted by Gasteiger charge is -2.31. The minimum Gasteiger partial charge on any atom is -0.494 e. The zero-order valence-electron chi connectivity index (χ0n) is 17.6. The molecule has 3 aromatic rings. The van der Waals surface area contributed by atoms with Crippen molar-refractivity contribution in [2.45, 2.75) is 12.8 Å². The average molecular weight is 405 g/mol. The monoisotopic (exact) mass is 404 g/mol. The minimum absolute atomic E-state index is 0.00650. The van der Waals surface area contributed by atoms with E-state index in [4.69, 9.17) is 9.47 Å². The maximum absolute atomic E-state index is 13.6. The standard InChI is InChI=1S/C26H26FNO2/c1-4-29-21-15-11-19(12-16-21)26-23(17-28(2)3)25(18-9-13-20(27)14-10-18)22-7-5-6-8-24(22)30-26/h5-16,25H,4,17H2,1-3H3/p+1/t25-/m1/s1. The third-order valence-electron chi connectivity index (χ3n) is 5.26. The maximum Gasteiger partial charge on any atom is 0.140 e. The van der Waals surface area contributed by atoms with Crippen molar-refractivity contribution in [1.82, 2.24) is 0 Å². The number of halogens is 1. The summed E-state index contributed by atoms with van der Waals surface area (Å²) >= 11 is 0. The predicted octanol–water partition coefficient (Wildman–Crippen LogP) is 4.30. The lowest BCUT2D eigenvalue weighted by Crippen LogP contribution is -3.06. The Morgan fingerprint density at radius 2 is 1.63 bits per heavy atom. The van der Waals surface area contributed by atoms with E-state index in [2.05, 4.69) is 20.2 Å². The van der Waals surface area contributed by atoms with E-state index in [1.165, 1.54) is 22.6 Å². The average Bonchev–Trinajstić information content (AvgIpc) is 2.75. The molecular formula is C26H27FNO2+. The molecule has 0 aliphatic carbocycles. The van der Waals surface area contributed by atoms with E-state index < -0.39 is 0 Å². The van der Waals surface area contributed by atoms with E-state index in [1.807, 2.05) is 61.5 Å². The molecule has 1 N–H and O–H groups in total. The molecule has 1 heterocycles. The molecule has 0 radical (unpaired) electrons. The summed E-state index contributed by atoms with van der Waals surface area (Å²) in [7, 11) is 4.26. The molecule has 3 nitrogen and oxygen atoms in total. The summed E-state index contributed by atoms with van der Waals surface area (Å²) in [5, 5.41) is 0. The number of ether oxygens (including phenoxy) is 2. The van der Waals surface area contributed by atoms with Crippen LogP contribution < -0.4 is 14.4 Å². The Labute approximate surface area is 177 Å². The molecule has 154 valence electrons. The molecule has 0 spiro atoms. The van der Waals surface area contributed by atoms with Crippen molar-refractivity contribution in [3.63, 3.8) is 0 Å². The van der Waals surface area contributed by atoms with Crippen LogP contribution in [0.4, 0.5) is 4.39 Å². The summed E-state index contributed by atoms with van der Waals surface area (Å²) in [6, 6.07) is 23.0. The number of para-hydroxylation sites is 1. The van der Waals surface area contributed by atoms with Crippen LogP contribution in [0.5, 0.6) is 11.5 Å². The first-order chi connectivity index (χ1) is 14.6. The zero-order chi connectivity index (χ0) is 21.1. The summed E-state index contributed by atoms with van der Waals surface area (Å²) in [6.07, 6.45) is 0. The van der Waals surface area contributed by atoms with Crippen molar-refractivity contribution in [2.24, 2.45) is 0 Å². The minimum atomic E-state index is -0.227. The van der Waals surface area contributed by atoms with E-state index in [0.29, 0.717) is 6.61 Å². The van der Waals surface area contributed by atoms with Crippen LogP contribution in [0.2, 0.25) is 0 Å². The second-order valence-corrected chi connectivity index (χ2v) is 7.82. The zero-order valence-corrected chi connectivity index (χ0v) is 17.6. The van der Waals surface area contributed by atoms with Gasteiger partial charge in [-0.05, 0) is 55.0 Å². The Kier molecular flexibility index (Phi) is 5.86. The van der Waals surface area contributed by atoms with Crippen LogP contribution in [0.1, 0.15) is 29.5 Å². The highest BCUT2D eigenvalue weighted by atomic mass is 19.1. The van der Waals surface area contributed by atoms with Gasteiger partial charge >= 0.3 is 0 Å². The van der Waals surface area contributed by atoms with E-state index in [9.17, 15) is 4.39 Å². The number of nitrogens with one attached hydrogen (secondary N) is 1. The number of hydrogen-bond donors (Lipinski definition) is 1. The van der Waals surface area contributed by atoms with E-state index >= 15 is 0 Å². The first kappa shape index (κ1) is 20.2. The van der Waals surface area contributed by atoms with Crippen LogP contribution in [0.25, 0.3) is 5.76 Å². The molecule has 0 amide bonds. The molecule has 4 heteroatoms. The third-order valence-corrected chi connectivity index (χ3v) is 5.26. The molecular weight excluding hydrogens is 377 g/mol. The number of quaternary nitrogens is 1. The normalized spacial score (nSPS) is 15.7. The fourth-order valence-electron chi connectivity index (χ4n) is 4.02. The molecule has 0 aromatic heterocycles. The second kappa shape index (κ2) is 8.72. The van der Waals surface area contributed by atoms with Gasteiger partial charge in [0.05, 0.1) is 20.7 Å². The van der Waals surface area contributed by atoms with Gasteiger partial charge < -0.3 is 14.4 Å². The Morgan fingerprint density at radius 3 is 2.30 bits per heavy atom. The number of hydrogen-bond acceptors (Lipinski definition) is 2. The smallest absolute Gasteiger partial charge is 0.140 e. The molecule has 0 saturated carbocycles. The molecule has 3 aromatic carbocycles. The number of likely N-dealkylation sites (N-methyl/N-ethyl adjacent to an activating group) is 1. The number of rotatable bonds is 6. The van der Waals surface area contributed by atoms with Crippen LogP contribution in [0.3, 0.4) is 0 Å². The van der Waals surface area contributed by atoms with Gasteiger partial charge in [-0.2, -0.15) is 0 Å². The summed E-state index contributed by atoms with van der Waals surface area (Å²) in [6.45, 7) is 3.41. The van der Waals surface area contributed by atoms with E-state index in [0.717, 1.165) is 40.5 Å². The van der Waals surface area contributed by atoms with Crippen molar-refractivity contribution < 1.29 is 18.8 Å². The first-order valence-corrected chi connectivity index (χ1v) is 10.3. The van der Waals surface area contributed by atoms with Gasteiger partial charge in [0.25, 0.3) is 0 Å². The van der Waals surface area contributed by atoms with Gasteiger partial charge in [0.2, 0.25) is 0 Å². The summed E-state index contributed by atoms with van der Waals surface area (Å²) in [4.78, 5) is 1.29.